The van der Waals surface area contributed by atoms with Crippen molar-refractivity contribution in [2.45, 2.75) is 26.2 Å². The molecule has 1 aliphatic heterocycles. The minimum absolute atomic E-state index is 0.0202. The normalized spacial score (nSPS) is 16.7. The van der Waals surface area contributed by atoms with E-state index in [1.807, 2.05) is 36.1 Å². The third kappa shape index (κ3) is 5.11. The number of hydrogen-bond acceptors (Lipinski definition) is 6. The van der Waals surface area contributed by atoms with E-state index < -0.39 is 0 Å². The monoisotopic (exact) mass is 403 g/mol. The number of aryl methyl sites for hydroxylation is 1. The van der Waals surface area contributed by atoms with E-state index in [0.717, 1.165) is 55.2 Å². The Hall–Kier alpha value is -3.48. The summed E-state index contributed by atoms with van der Waals surface area (Å²) >= 11 is 0. The number of carbonyl (C=O) groups is 1. The van der Waals surface area contributed by atoms with Crippen molar-refractivity contribution in [3.8, 4) is 0 Å². The lowest BCUT2D eigenvalue weighted by Gasteiger charge is -2.32. The first kappa shape index (κ1) is 19.8. The third-order valence-corrected chi connectivity index (χ3v) is 5.24. The maximum Gasteiger partial charge on any atom is 0.246 e. The standard InChI is InChI=1S/C23H25N5O2/c1-17-5-2-10-24-23(17)27-21-14-19(25-16-26-21)13-18-6-3-11-28(15-18)22(29)9-8-20-7-4-12-30-20/h2,4-5,7-10,12,14,16,18H,3,6,11,13,15H2,1H3,(H,24,25,26,27)/b9-8+/t18-/m0/s1. The van der Waals surface area contributed by atoms with E-state index in [4.69, 9.17) is 4.42 Å². The minimum atomic E-state index is 0.0202. The van der Waals surface area contributed by atoms with Crippen LogP contribution < -0.4 is 5.32 Å². The molecule has 3 aromatic heterocycles. The zero-order valence-corrected chi connectivity index (χ0v) is 17.0. The van der Waals surface area contributed by atoms with Gasteiger partial charge in [0.1, 0.15) is 23.7 Å². The second-order valence-corrected chi connectivity index (χ2v) is 7.53. The summed E-state index contributed by atoms with van der Waals surface area (Å²) in [6, 6.07) is 9.51. The number of likely N-dealkylation sites (tertiary alicyclic amines) is 1. The lowest BCUT2D eigenvalue weighted by atomic mass is 9.93. The highest BCUT2D eigenvalue weighted by Crippen LogP contribution is 2.22. The van der Waals surface area contributed by atoms with Crippen LogP contribution >= 0.6 is 0 Å². The fraction of sp³-hybridized carbons (Fsp3) is 0.304. The summed E-state index contributed by atoms with van der Waals surface area (Å²) in [6.45, 7) is 3.52. The van der Waals surface area contributed by atoms with Crippen LogP contribution in [0.15, 0.2) is 59.6 Å². The Labute approximate surface area is 175 Å². The molecule has 0 saturated carbocycles. The van der Waals surface area contributed by atoms with Gasteiger partial charge in [-0.25, -0.2) is 15.0 Å². The van der Waals surface area contributed by atoms with Gasteiger partial charge in [0.05, 0.1) is 6.26 Å². The topological polar surface area (TPSA) is 84.2 Å². The molecular weight excluding hydrogens is 378 g/mol. The predicted molar refractivity (Wildman–Crippen MR) is 115 cm³/mol. The van der Waals surface area contributed by atoms with Crippen LogP contribution in [0.25, 0.3) is 6.08 Å². The highest BCUT2D eigenvalue weighted by molar-refractivity contribution is 5.91. The number of furan rings is 1. The molecule has 0 radical (unpaired) electrons. The number of amides is 1. The van der Waals surface area contributed by atoms with Gasteiger partial charge in [-0.15, -0.1) is 0 Å². The molecule has 1 atom stereocenters. The van der Waals surface area contributed by atoms with Gasteiger partial charge >= 0.3 is 0 Å². The van der Waals surface area contributed by atoms with Crippen LogP contribution in [0.5, 0.6) is 0 Å². The van der Waals surface area contributed by atoms with Gasteiger partial charge in [-0.3, -0.25) is 4.79 Å². The van der Waals surface area contributed by atoms with Crippen molar-refractivity contribution in [3.63, 3.8) is 0 Å². The summed E-state index contributed by atoms with van der Waals surface area (Å²) in [5.74, 6) is 2.60. The van der Waals surface area contributed by atoms with E-state index in [-0.39, 0.29) is 5.91 Å². The van der Waals surface area contributed by atoms with Gasteiger partial charge in [-0.1, -0.05) is 6.07 Å². The molecule has 4 rings (SSSR count). The summed E-state index contributed by atoms with van der Waals surface area (Å²) in [5.41, 5.74) is 2.02. The number of nitrogens with zero attached hydrogens (tertiary/aromatic N) is 4. The molecule has 0 bridgehead atoms. The number of aromatic nitrogens is 3. The zero-order valence-electron chi connectivity index (χ0n) is 17.0. The fourth-order valence-electron chi connectivity index (χ4n) is 3.69. The highest BCUT2D eigenvalue weighted by Gasteiger charge is 2.23. The average Bonchev–Trinajstić information content (AvgIpc) is 3.28. The first-order chi connectivity index (χ1) is 14.7. The van der Waals surface area contributed by atoms with Crippen LogP contribution in [0, 0.1) is 12.8 Å². The molecule has 1 saturated heterocycles. The molecule has 0 unspecified atom stereocenters. The molecule has 7 heteroatoms. The highest BCUT2D eigenvalue weighted by atomic mass is 16.3. The van der Waals surface area contributed by atoms with Crippen molar-refractivity contribution in [1.29, 1.82) is 0 Å². The van der Waals surface area contributed by atoms with Crippen molar-refractivity contribution in [2.24, 2.45) is 5.92 Å². The van der Waals surface area contributed by atoms with Gasteiger partial charge in [0.2, 0.25) is 5.91 Å². The van der Waals surface area contributed by atoms with Gasteiger partial charge in [-0.2, -0.15) is 0 Å². The summed E-state index contributed by atoms with van der Waals surface area (Å²) in [5, 5.41) is 3.26. The second-order valence-electron chi connectivity index (χ2n) is 7.53. The maximum atomic E-state index is 12.5. The molecule has 154 valence electrons. The van der Waals surface area contributed by atoms with Gasteiger partial charge in [0, 0.05) is 37.1 Å². The van der Waals surface area contributed by atoms with Gasteiger partial charge < -0.3 is 14.6 Å². The van der Waals surface area contributed by atoms with E-state index >= 15 is 0 Å². The largest absolute Gasteiger partial charge is 0.465 e. The maximum absolute atomic E-state index is 12.5. The molecule has 0 aromatic carbocycles. The predicted octanol–water partition coefficient (Wildman–Crippen LogP) is 4.01. The molecule has 0 aliphatic carbocycles. The molecule has 0 spiro atoms. The quantitative estimate of drug-likeness (QED) is 0.626. The van der Waals surface area contributed by atoms with Crippen molar-refractivity contribution in [3.05, 3.63) is 72.2 Å². The zero-order chi connectivity index (χ0) is 20.8. The van der Waals surface area contributed by atoms with Gasteiger partial charge in [0.25, 0.3) is 0 Å². The fourth-order valence-corrected chi connectivity index (χ4v) is 3.69. The first-order valence-corrected chi connectivity index (χ1v) is 10.2. The van der Waals surface area contributed by atoms with E-state index in [1.54, 1.807) is 37.0 Å². The smallest absolute Gasteiger partial charge is 0.246 e. The summed E-state index contributed by atoms with van der Waals surface area (Å²) in [7, 11) is 0. The second kappa shape index (κ2) is 9.35. The average molecular weight is 403 g/mol. The Morgan fingerprint density at radius 3 is 3.07 bits per heavy atom. The van der Waals surface area contributed by atoms with Crippen LogP contribution in [0.2, 0.25) is 0 Å². The molecule has 1 fully saturated rings. The van der Waals surface area contributed by atoms with Crippen molar-refractivity contribution < 1.29 is 9.21 Å². The van der Waals surface area contributed by atoms with Crippen molar-refractivity contribution in [2.75, 3.05) is 18.4 Å². The van der Waals surface area contributed by atoms with E-state index in [9.17, 15) is 4.79 Å². The number of pyridine rings is 1. The summed E-state index contributed by atoms with van der Waals surface area (Å²) in [6.07, 6.45) is 11.1. The third-order valence-electron chi connectivity index (χ3n) is 5.24. The number of piperidine rings is 1. The molecular formula is C23H25N5O2. The van der Waals surface area contributed by atoms with E-state index in [2.05, 4.69) is 20.3 Å². The Morgan fingerprint density at radius 2 is 2.23 bits per heavy atom. The van der Waals surface area contributed by atoms with E-state index in [1.165, 1.54) is 0 Å². The SMILES string of the molecule is Cc1cccnc1Nc1cc(C[C@@H]2CCCN(C(=O)/C=C/c3ccco3)C2)ncn1. The van der Waals surface area contributed by atoms with Gasteiger partial charge in [-0.05, 0) is 61.9 Å². The van der Waals surface area contributed by atoms with E-state index in [0.29, 0.717) is 11.7 Å². The summed E-state index contributed by atoms with van der Waals surface area (Å²) < 4.78 is 5.25. The number of nitrogens with one attached hydrogen (secondary N) is 1. The van der Waals surface area contributed by atoms with Crippen LogP contribution in [0.1, 0.15) is 29.9 Å². The number of carbonyl (C=O) groups excluding carboxylic acids is 1. The van der Waals surface area contributed by atoms with Crippen LogP contribution in [-0.2, 0) is 11.2 Å². The molecule has 7 nitrogen and oxygen atoms in total. The number of hydrogen-bond donors (Lipinski definition) is 1. The van der Waals surface area contributed by atoms with Crippen molar-refractivity contribution in [1.82, 2.24) is 19.9 Å². The molecule has 1 N–H and O–H groups in total. The lowest BCUT2D eigenvalue weighted by molar-refractivity contribution is -0.127. The Kier molecular flexibility index (Phi) is 6.17. The lowest BCUT2D eigenvalue weighted by Crippen LogP contribution is -2.39. The molecule has 30 heavy (non-hydrogen) atoms. The molecule has 4 heterocycles. The molecule has 3 aromatic rings. The Bertz CT molecular complexity index is 1020. The number of anilines is 2. The minimum Gasteiger partial charge on any atom is -0.465 e. The first-order valence-electron chi connectivity index (χ1n) is 10.2. The van der Waals surface area contributed by atoms with Crippen molar-refractivity contribution >= 4 is 23.6 Å². The van der Waals surface area contributed by atoms with Crippen LogP contribution in [-0.4, -0.2) is 38.8 Å². The Morgan fingerprint density at radius 1 is 1.30 bits per heavy atom. The van der Waals surface area contributed by atoms with Gasteiger partial charge in [0.15, 0.2) is 0 Å². The summed E-state index contributed by atoms with van der Waals surface area (Å²) in [4.78, 5) is 27.6. The van der Waals surface area contributed by atoms with Crippen LogP contribution in [0.3, 0.4) is 0 Å². The van der Waals surface area contributed by atoms with Crippen LogP contribution in [0.4, 0.5) is 11.6 Å². The molecule has 1 amide bonds. The Balaban J connectivity index is 1.37. The number of rotatable bonds is 6. The molecule has 1 aliphatic rings.